The summed E-state index contributed by atoms with van der Waals surface area (Å²) in [7, 11) is 2.02. The number of hydrogen-bond acceptors (Lipinski definition) is 2. The Hall–Kier alpha value is -0.830. The topological polar surface area (TPSA) is 24.8 Å². The number of benzene rings is 2. The average molecular weight is 534 g/mol. The third-order valence-electron chi connectivity index (χ3n) is 3.45. The first kappa shape index (κ1) is 18.5. The molecule has 2 aromatic carbocycles. The molecule has 5 heteroatoms. The van der Waals surface area contributed by atoms with E-state index in [-0.39, 0.29) is 0 Å². The van der Waals surface area contributed by atoms with Crippen LogP contribution in [0, 0.1) is 21.0 Å². The predicted molar refractivity (Wildman–Crippen MR) is 114 cm³/mol. The number of ether oxygens (including phenoxy) is 1. The molecule has 2 rings (SSSR count). The summed E-state index contributed by atoms with van der Waals surface area (Å²) in [5, 5.41) is 0. The molecule has 122 valence electrons. The fourth-order valence-electron chi connectivity index (χ4n) is 1.98. The number of aliphatic imine (C=N–C) groups is 1. The highest BCUT2D eigenvalue weighted by Gasteiger charge is 2.07. The van der Waals surface area contributed by atoms with Gasteiger partial charge in [-0.25, -0.2) is 4.99 Å². The first-order valence-electron chi connectivity index (χ1n) is 7.38. The molecule has 0 bridgehead atoms. The number of rotatable bonds is 5. The van der Waals surface area contributed by atoms with Crippen molar-refractivity contribution in [3.05, 3.63) is 48.6 Å². The van der Waals surface area contributed by atoms with E-state index in [4.69, 9.17) is 4.74 Å². The molecule has 0 aliphatic carbocycles. The van der Waals surface area contributed by atoms with Crippen LogP contribution >= 0.6 is 45.2 Å². The van der Waals surface area contributed by atoms with E-state index in [1.165, 1.54) is 7.14 Å². The van der Waals surface area contributed by atoms with Crippen molar-refractivity contribution in [2.75, 3.05) is 13.6 Å². The second-order valence-electron chi connectivity index (χ2n) is 5.43. The van der Waals surface area contributed by atoms with Crippen molar-refractivity contribution in [1.82, 2.24) is 4.90 Å². The van der Waals surface area contributed by atoms with E-state index >= 15 is 0 Å². The van der Waals surface area contributed by atoms with Crippen LogP contribution in [0.5, 0.6) is 11.5 Å². The van der Waals surface area contributed by atoms with Crippen molar-refractivity contribution in [3.63, 3.8) is 0 Å². The monoisotopic (exact) mass is 534 g/mol. The number of hydrogen-bond donors (Lipinski definition) is 0. The van der Waals surface area contributed by atoms with Crippen LogP contribution in [-0.4, -0.2) is 24.8 Å². The summed E-state index contributed by atoms with van der Waals surface area (Å²) >= 11 is 4.61. The first-order chi connectivity index (χ1) is 10.9. The summed E-state index contributed by atoms with van der Waals surface area (Å²) in [6, 6.07) is 10.3. The van der Waals surface area contributed by atoms with Crippen LogP contribution in [0.15, 0.2) is 35.3 Å². The van der Waals surface area contributed by atoms with Crippen LogP contribution in [0.25, 0.3) is 0 Å². The minimum atomic E-state index is 0.866. The lowest BCUT2D eigenvalue weighted by atomic mass is 10.1. The van der Waals surface area contributed by atoms with Crippen LogP contribution in [-0.2, 0) is 0 Å². The smallest absolute Gasteiger partial charge is 0.130 e. The Morgan fingerprint density at radius 1 is 1.04 bits per heavy atom. The Morgan fingerprint density at radius 2 is 1.70 bits per heavy atom. The predicted octanol–water partition coefficient (Wildman–Crippen LogP) is 5.92. The molecule has 0 N–H and O–H groups in total. The van der Waals surface area contributed by atoms with Gasteiger partial charge in [0.15, 0.2) is 0 Å². The SMILES string of the molecule is CCN(C)C=Nc1cc(C)c(Oc2cc(I)cc(I)c2)cc1C. The molecule has 2 aromatic rings. The van der Waals surface area contributed by atoms with E-state index in [1.807, 2.05) is 30.4 Å². The fraction of sp³-hybridized carbons (Fsp3) is 0.278. The van der Waals surface area contributed by atoms with E-state index in [9.17, 15) is 0 Å². The molecule has 0 aliphatic rings. The summed E-state index contributed by atoms with van der Waals surface area (Å²) in [5.41, 5.74) is 3.16. The maximum atomic E-state index is 6.08. The molecule has 0 aliphatic heterocycles. The molecule has 0 aromatic heterocycles. The summed E-state index contributed by atoms with van der Waals surface area (Å²) < 4.78 is 8.42. The van der Waals surface area contributed by atoms with Crippen molar-refractivity contribution in [2.24, 2.45) is 4.99 Å². The highest BCUT2D eigenvalue weighted by molar-refractivity contribution is 14.1. The summed E-state index contributed by atoms with van der Waals surface area (Å²) in [6.45, 7) is 7.15. The lowest BCUT2D eigenvalue weighted by molar-refractivity contribution is 0.478. The van der Waals surface area contributed by atoms with Crippen LogP contribution in [0.1, 0.15) is 18.1 Å². The molecule has 0 unspecified atom stereocenters. The van der Waals surface area contributed by atoms with E-state index in [1.54, 1.807) is 0 Å². The zero-order valence-electron chi connectivity index (χ0n) is 13.7. The van der Waals surface area contributed by atoms with Gasteiger partial charge in [0.1, 0.15) is 11.5 Å². The number of halogens is 2. The van der Waals surface area contributed by atoms with Gasteiger partial charge < -0.3 is 9.64 Å². The lowest BCUT2D eigenvalue weighted by Gasteiger charge is -2.13. The third-order valence-corrected chi connectivity index (χ3v) is 4.70. The molecule has 0 atom stereocenters. The Morgan fingerprint density at radius 3 is 2.30 bits per heavy atom. The molecule has 0 saturated heterocycles. The quantitative estimate of drug-likeness (QED) is 0.271. The highest BCUT2D eigenvalue weighted by atomic mass is 127. The zero-order chi connectivity index (χ0) is 17.0. The minimum absolute atomic E-state index is 0.866. The van der Waals surface area contributed by atoms with Gasteiger partial charge in [-0.05, 0) is 107 Å². The normalized spacial score (nSPS) is 11.0. The highest BCUT2D eigenvalue weighted by Crippen LogP contribution is 2.32. The maximum absolute atomic E-state index is 6.08. The molecule has 23 heavy (non-hydrogen) atoms. The second kappa shape index (κ2) is 8.32. The largest absolute Gasteiger partial charge is 0.457 e. The molecule has 0 amide bonds. The van der Waals surface area contributed by atoms with Gasteiger partial charge in [0.25, 0.3) is 0 Å². The van der Waals surface area contributed by atoms with Gasteiger partial charge in [0.05, 0.1) is 12.0 Å². The summed E-state index contributed by atoms with van der Waals surface area (Å²) in [6.07, 6.45) is 1.87. The Kier molecular flexibility index (Phi) is 6.70. The molecule has 0 heterocycles. The van der Waals surface area contributed by atoms with Crippen molar-refractivity contribution in [1.29, 1.82) is 0 Å². The van der Waals surface area contributed by atoms with Crippen LogP contribution < -0.4 is 4.74 Å². The van der Waals surface area contributed by atoms with Gasteiger partial charge in [0, 0.05) is 20.7 Å². The minimum Gasteiger partial charge on any atom is -0.457 e. The molecule has 0 radical (unpaired) electrons. The first-order valence-corrected chi connectivity index (χ1v) is 9.54. The Balaban J connectivity index is 2.27. The van der Waals surface area contributed by atoms with Crippen LogP contribution in [0.2, 0.25) is 0 Å². The van der Waals surface area contributed by atoms with Crippen LogP contribution in [0.3, 0.4) is 0 Å². The fourth-order valence-corrected chi connectivity index (χ4v) is 3.86. The lowest BCUT2D eigenvalue weighted by Crippen LogP contribution is -2.14. The van der Waals surface area contributed by atoms with Crippen molar-refractivity contribution < 1.29 is 4.74 Å². The van der Waals surface area contributed by atoms with E-state index in [0.29, 0.717) is 0 Å². The van der Waals surface area contributed by atoms with Gasteiger partial charge >= 0.3 is 0 Å². The molecular weight excluding hydrogens is 514 g/mol. The van der Waals surface area contributed by atoms with Crippen LogP contribution in [0.4, 0.5) is 5.69 Å². The standard InChI is InChI=1S/C18H20I2N2O/c1-5-22(4)11-21-17-6-13(3)18(7-12(17)2)23-16-9-14(19)8-15(20)10-16/h6-11H,5H2,1-4H3. The Labute approximate surface area is 165 Å². The van der Waals surface area contributed by atoms with E-state index in [0.717, 1.165) is 34.9 Å². The number of aryl methyl sites for hydroxylation is 2. The molecule has 3 nitrogen and oxygen atoms in total. The maximum Gasteiger partial charge on any atom is 0.130 e. The van der Waals surface area contributed by atoms with Crippen molar-refractivity contribution in [2.45, 2.75) is 20.8 Å². The van der Waals surface area contributed by atoms with E-state index in [2.05, 4.69) is 89.1 Å². The van der Waals surface area contributed by atoms with Gasteiger partial charge in [-0.15, -0.1) is 0 Å². The molecule has 0 saturated carbocycles. The van der Waals surface area contributed by atoms with Crippen molar-refractivity contribution >= 4 is 57.2 Å². The van der Waals surface area contributed by atoms with Crippen molar-refractivity contribution in [3.8, 4) is 11.5 Å². The van der Waals surface area contributed by atoms with Gasteiger partial charge in [-0.3, -0.25) is 0 Å². The number of nitrogens with zero attached hydrogens (tertiary/aromatic N) is 2. The molecule has 0 fully saturated rings. The Bertz CT molecular complexity index is 709. The van der Waals surface area contributed by atoms with Gasteiger partial charge in [0.2, 0.25) is 0 Å². The second-order valence-corrected chi connectivity index (χ2v) is 7.92. The molecule has 0 spiro atoms. The average Bonchev–Trinajstić information content (AvgIpc) is 2.47. The summed E-state index contributed by atoms with van der Waals surface area (Å²) in [5.74, 6) is 1.74. The molecular formula is C18H20I2N2O. The summed E-state index contributed by atoms with van der Waals surface area (Å²) in [4.78, 5) is 6.61. The third kappa shape index (κ3) is 5.34. The zero-order valence-corrected chi connectivity index (χ0v) is 18.0. The van der Waals surface area contributed by atoms with Gasteiger partial charge in [-0.2, -0.15) is 0 Å². The van der Waals surface area contributed by atoms with Gasteiger partial charge in [-0.1, -0.05) is 0 Å². The van der Waals surface area contributed by atoms with E-state index < -0.39 is 0 Å².